The van der Waals surface area contributed by atoms with E-state index in [1.54, 1.807) is 12.1 Å². The molecule has 0 atom stereocenters. The minimum Gasteiger partial charge on any atom is -0.415 e. The van der Waals surface area contributed by atoms with Gasteiger partial charge in [0.1, 0.15) is 0 Å². The molecule has 1 aliphatic rings. The van der Waals surface area contributed by atoms with Gasteiger partial charge in [0.05, 0.1) is 16.8 Å². The number of rotatable bonds is 7. The van der Waals surface area contributed by atoms with Gasteiger partial charge in [-0.15, -0.1) is 10.2 Å². The first-order valence-corrected chi connectivity index (χ1v) is 8.41. The molecular weight excluding hydrogens is 380 g/mol. The molecule has 0 aliphatic heterocycles. The molecule has 0 radical (unpaired) electrons. The van der Waals surface area contributed by atoms with E-state index in [2.05, 4.69) is 30.5 Å². The topological polar surface area (TPSA) is 89.6 Å². The van der Waals surface area contributed by atoms with Gasteiger partial charge in [0.25, 0.3) is 11.8 Å². The van der Waals surface area contributed by atoms with Crippen LogP contribution in [0.25, 0.3) is 11.5 Å². The lowest BCUT2D eigenvalue weighted by Gasteiger charge is -2.17. The molecule has 146 valence electrons. The van der Waals surface area contributed by atoms with Crippen molar-refractivity contribution in [3.8, 4) is 11.5 Å². The van der Waals surface area contributed by atoms with Crippen LogP contribution in [0.2, 0.25) is 0 Å². The van der Waals surface area contributed by atoms with E-state index in [1.807, 2.05) is 0 Å². The number of nitrogens with zero attached hydrogens (tertiary/aromatic N) is 5. The quantitative estimate of drug-likeness (QED) is 0.610. The second kappa shape index (κ2) is 7.13. The third-order valence-corrected chi connectivity index (χ3v) is 4.33. The van der Waals surface area contributed by atoms with Gasteiger partial charge in [0.15, 0.2) is 0 Å². The van der Waals surface area contributed by atoms with Crippen LogP contribution >= 0.6 is 0 Å². The lowest BCUT2D eigenvalue weighted by atomic mass is 10.1. The summed E-state index contributed by atoms with van der Waals surface area (Å²) in [6.07, 6.45) is 0.202. The summed E-state index contributed by atoms with van der Waals surface area (Å²) in [6.45, 7) is 0. The Hall–Kier alpha value is -3.11. The van der Waals surface area contributed by atoms with Crippen molar-refractivity contribution in [2.75, 3.05) is 5.32 Å². The van der Waals surface area contributed by atoms with Gasteiger partial charge in [-0.05, 0) is 24.5 Å². The van der Waals surface area contributed by atoms with Crippen molar-refractivity contribution in [3.63, 3.8) is 0 Å². The number of anilines is 1. The molecule has 11 heteroatoms. The average molecular weight is 394 g/mol. The summed E-state index contributed by atoms with van der Waals surface area (Å²) in [4.78, 5) is 12.6. The molecule has 0 spiro atoms. The Morgan fingerprint density at radius 2 is 1.75 bits per heavy atom. The van der Waals surface area contributed by atoms with Gasteiger partial charge in [-0.3, -0.25) is 4.98 Å². The van der Waals surface area contributed by atoms with Gasteiger partial charge in [0.2, 0.25) is 12.4 Å². The van der Waals surface area contributed by atoms with E-state index >= 15 is 0 Å². The first-order chi connectivity index (χ1) is 13.4. The summed E-state index contributed by atoms with van der Waals surface area (Å²) in [5, 5.41) is 9.98. The minimum absolute atomic E-state index is 0.0979. The van der Waals surface area contributed by atoms with Crippen molar-refractivity contribution in [1.82, 2.24) is 25.1 Å². The van der Waals surface area contributed by atoms with E-state index in [0.29, 0.717) is 17.1 Å². The number of pyridine rings is 1. The fourth-order valence-electron chi connectivity index (χ4n) is 2.73. The predicted molar refractivity (Wildman–Crippen MR) is 88.8 cm³/mol. The highest BCUT2D eigenvalue weighted by atomic mass is 19.3. The van der Waals surface area contributed by atoms with E-state index in [4.69, 9.17) is 4.42 Å². The van der Waals surface area contributed by atoms with Gasteiger partial charge >= 0.3 is 6.43 Å². The largest absolute Gasteiger partial charge is 0.415 e. The van der Waals surface area contributed by atoms with Crippen molar-refractivity contribution in [3.05, 3.63) is 47.9 Å². The van der Waals surface area contributed by atoms with Crippen LogP contribution in [0.3, 0.4) is 0 Å². The number of alkyl halides is 4. The third-order valence-electron chi connectivity index (χ3n) is 4.33. The van der Waals surface area contributed by atoms with Crippen LogP contribution in [-0.2, 0) is 12.0 Å². The van der Waals surface area contributed by atoms with E-state index in [-0.39, 0.29) is 12.3 Å². The van der Waals surface area contributed by atoms with Crippen molar-refractivity contribution in [1.29, 1.82) is 0 Å². The number of hydrogen-bond acceptors (Lipinski definition) is 7. The van der Waals surface area contributed by atoms with Gasteiger partial charge < -0.3 is 9.73 Å². The predicted octanol–water partition coefficient (Wildman–Crippen LogP) is 3.77. The highest BCUT2D eigenvalue weighted by Gasteiger charge is 2.46. The summed E-state index contributed by atoms with van der Waals surface area (Å²) in [6, 6.07) is 3.35. The summed E-state index contributed by atoms with van der Waals surface area (Å²) >= 11 is 0. The molecule has 1 N–H and O–H groups in total. The fourth-order valence-corrected chi connectivity index (χ4v) is 2.73. The maximum atomic E-state index is 12.5. The van der Waals surface area contributed by atoms with Crippen LogP contribution in [0.5, 0.6) is 0 Å². The van der Waals surface area contributed by atoms with Gasteiger partial charge in [-0.1, -0.05) is 6.07 Å². The van der Waals surface area contributed by atoms with Crippen LogP contribution < -0.4 is 5.32 Å². The lowest BCUT2D eigenvalue weighted by molar-refractivity contribution is 0.116. The molecule has 0 bridgehead atoms. The molecule has 3 aromatic heterocycles. The van der Waals surface area contributed by atoms with Gasteiger partial charge in [-0.2, -0.15) is 8.78 Å². The molecule has 0 saturated heterocycles. The zero-order valence-electron chi connectivity index (χ0n) is 14.3. The summed E-state index contributed by atoms with van der Waals surface area (Å²) < 4.78 is 54.8. The average Bonchev–Trinajstić information content (AvgIpc) is 3.27. The van der Waals surface area contributed by atoms with Crippen LogP contribution in [0.1, 0.15) is 36.4 Å². The lowest BCUT2D eigenvalue weighted by Crippen LogP contribution is -2.21. The standard InChI is InChI=1S/C17H14F4N6O/c18-12(19)5-9-1-2-11(22-6-9)17(3-4-17)25-16-23-7-10(8-24-16)14-26-27-15(28-14)13(20)21/h1-2,6-8,12-13H,3-5H2,(H,23,24,25). The number of hydrogen-bond donors (Lipinski definition) is 1. The van der Waals surface area contributed by atoms with E-state index in [1.165, 1.54) is 18.6 Å². The molecule has 0 aromatic carbocycles. The number of halogens is 4. The Morgan fingerprint density at radius 3 is 2.29 bits per heavy atom. The highest BCUT2D eigenvalue weighted by molar-refractivity contribution is 5.51. The number of nitrogens with one attached hydrogen (secondary N) is 1. The van der Waals surface area contributed by atoms with Crippen molar-refractivity contribution >= 4 is 5.95 Å². The molecule has 1 aliphatic carbocycles. The highest BCUT2D eigenvalue weighted by Crippen LogP contribution is 2.47. The van der Waals surface area contributed by atoms with Crippen LogP contribution in [0.15, 0.2) is 35.1 Å². The van der Waals surface area contributed by atoms with E-state index in [9.17, 15) is 17.6 Å². The van der Waals surface area contributed by atoms with Gasteiger partial charge in [0, 0.05) is 25.0 Å². The Bertz CT molecular complexity index is 941. The summed E-state index contributed by atoms with van der Waals surface area (Å²) in [7, 11) is 0. The smallest absolute Gasteiger partial charge is 0.314 e. The minimum atomic E-state index is -2.85. The Labute approximate surface area is 156 Å². The molecule has 3 aromatic rings. The Morgan fingerprint density at radius 1 is 1.00 bits per heavy atom. The third kappa shape index (κ3) is 3.78. The maximum Gasteiger partial charge on any atom is 0.314 e. The molecule has 28 heavy (non-hydrogen) atoms. The molecule has 7 nitrogen and oxygen atoms in total. The molecule has 0 amide bonds. The van der Waals surface area contributed by atoms with Crippen LogP contribution in [0.4, 0.5) is 23.5 Å². The second-order valence-electron chi connectivity index (χ2n) is 6.40. The van der Waals surface area contributed by atoms with Gasteiger partial charge in [-0.25, -0.2) is 18.7 Å². The monoisotopic (exact) mass is 394 g/mol. The molecule has 1 fully saturated rings. The van der Waals surface area contributed by atoms with Crippen molar-refractivity contribution < 1.29 is 22.0 Å². The van der Waals surface area contributed by atoms with Crippen molar-refractivity contribution in [2.24, 2.45) is 0 Å². The zero-order valence-corrected chi connectivity index (χ0v) is 14.3. The number of aromatic nitrogens is 5. The molecule has 1 saturated carbocycles. The Kier molecular flexibility index (Phi) is 4.65. The van der Waals surface area contributed by atoms with Crippen molar-refractivity contribution in [2.45, 2.75) is 37.7 Å². The van der Waals surface area contributed by atoms with Crippen LogP contribution in [0, 0.1) is 0 Å². The molecular formula is C17H14F4N6O. The summed E-state index contributed by atoms with van der Waals surface area (Å²) in [5.41, 5.74) is 1.05. The molecule has 3 heterocycles. The Balaban J connectivity index is 1.46. The zero-order chi connectivity index (χ0) is 19.7. The van der Waals surface area contributed by atoms with E-state index < -0.39 is 24.3 Å². The maximum absolute atomic E-state index is 12.5. The molecule has 0 unspecified atom stereocenters. The van der Waals surface area contributed by atoms with E-state index in [0.717, 1.165) is 18.5 Å². The first kappa shape index (κ1) is 18.3. The first-order valence-electron chi connectivity index (χ1n) is 8.41. The SMILES string of the molecule is FC(F)Cc1ccc(C2(Nc3ncc(-c4nnc(C(F)F)o4)cn3)CC2)nc1. The normalized spacial score (nSPS) is 15.2. The van der Waals surface area contributed by atoms with Crippen LogP contribution in [-0.4, -0.2) is 31.6 Å². The summed E-state index contributed by atoms with van der Waals surface area (Å²) in [5.74, 6) is -0.553. The second-order valence-corrected chi connectivity index (χ2v) is 6.40. The fraction of sp³-hybridized carbons (Fsp3) is 0.353. The molecule has 4 rings (SSSR count).